The zero-order chi connectivity index (χ0) is 31.8. The van der Waals surface area contributed by atoms with Crippen LogP contribution in [0.3, 0.4) is 0 Å². The standard InChI is InChI=1S/C38H42O8/c1-29(39)42-28-34(43-24-30-14-6-2-7-15-30)35(44-25-31-16-8-3-9-17-31)36(45-26-32-18-10-4-11-19-32)37(38-40-22-23-41-38)46-27-33-20-12-5-13-21-33/h2-21,34-38H,22-28H2,1H3/t34-,35-,36-,37+/m1/s1. The summed E-state index contributed by atoms with van der Waals surface area (Å²) < 4.78 is 44.3. The molecule has 0 unspecified atom stereocenters. The molecule has 0 aliphatic carbocycles. The molecule has 0 spiro atoms. The quantitative estimate of drug-likeness (QED) is 0.120. The maximum absolute atomic E-state index is 12.1. The van der Waals surface area contributed by atoms with Crippen molar-refractivity contribution < 1.29 is 38.0 Å². The van der Waals surface area contributed by atoms with Gasteiger partial charge in [-0.05, 0) is 22.3 Å². The first-order chi connectivity index (χ1) is 22.7. The fourth-order valence-corrected chi connectivity index (χ4v) is 5.20. The maximum Gasteiger partial charge on any atom is 0.302 e. The molecule has 4 aromatic rings. The fourth-order valence-electron chi connectivity index (χ4n) is 5.20. The third-order valence-electron chi connectivity index (χ3n) is 7.54. The number of rotatable bonds is 18. The van der Waals surface area contributed by atoms with Crippen molar-refractivity contribution in [3.8, 4) is 0 Å². The molecule has 0 radical (unpaired) electrons. The fraction of sp³-hybridized carbons (Fsp3) is 0.342. The van der Waals surface area contributed by atoms with Gasteiger partial charge in [-0.1, -0.05) is 121 Å². The summed E-state index contributed by atoms with van der Waals surface area (Å²) in [5.41, 5.74) is 3.91. The van der Waals surface area contributed by atoms with Gasteiger partial charge in [0.25, 0.3) is 0 Å². The molecule has 4 aromatic carbocycles. The second-order valence-electron chi connectivity index (χ2n) is 11.0. The van der Waals surface area contributed by atoms with Gasteiger partial charge in [0, 0.05) is 6.92 Å². The van der Waals surface area contributed by atoms with Gasteiger partial charge in [-0.15, -0.1) is 0 Å². The second-order valence-corrected chi connectivity index (χ2v) is 11.0. The van der Waals surface area contributed by atoms with Gasteiger partial charge in [-0.3, -0.25) is 4.79 Å². The van der Waals surface area contributed by atoms with Gasteiger partial charge in [0.05, 0.1) is 39.6 Å². The van der Waals surface area contributed by atoms with Crippen LogP contribution in [-0.2, 0) is 64.4 Å². The van der Waals surface area contributed by atoms with Crippen LogP contribution in [0, 0.1) is 0 Å². The lowest BCUT2D eigenvalue weighted by Crippen LogP contribution is -2.54. The third kappa shape index (κ3) is 10.6. The first kappa shape index (κ1) is 33.5. The van der Waals surface area contributed by atoms with Gasteiger partial charge < -0.3 is 33.2 Å². The molecule has 1 heterocycles. The normalized spacial score (nSPS) is 16.0. The number of esters is 1. The van der Waals surface area contributed by atoms with E-state index < -0.39 is 36.7 Å². The summed E-state index contributed by atoms with van der Waals surface area (Å²) in [5.74, 6) is -0.420. The Morgan fingerprint density at radius 1 is 0.587 bits per heavy atom. The van der Waals surface area contributed by atoms with Gasteiger partial charge in [-0.25, -0.2) is 0 Å². The highest BCUT2D eigenvalue weighted by atomic mass is 16.7. The molecule has 1 fully saturated rings. The smallest absolute Gasteiger partial charge is 0.302 e. The number of hydrogen-bond acceptors (Lipinski definition) is 8. The van der Waals surface area contributed by atoms with E-state index in [-0.39, 0.29) is 26.4 Å². The number of ether oxygens (including phenoxy) is 7. The number of carbonyl (C=O) groups is 1. The highest BCUT2D eigenvalue weighted by molar-refractivity contribution is 5.65. The minimum Gasteiger partial charge on any atom is -0.463 e. The van der Waals surface area contributed by atoms with E-state index in [9.17, 15) is 4.79 Å². The summed E-state index contributed by atoms with van der Waals surface area (Å²) in [4.78, 5) is 12.1. The molecular formula is C38H42O8. The Balaban J connectivity index is 1.50. The van der Waals surface area contributed by atoms with Crippen molar-refractivity contribution in [2.45, 2.75) is 64.1 Å². The van der Waals surface area contributed by atoms with Crippen LogP contribution in [0.5, 0.6) is 0 Å². The van der Waals surface area contributed by atoms with Gasteiger partial charge in [-0.2, -0.15) is 0 Å². The predicted octanol–water partition coefficient (Wildman–Crippen LogP) is 6.26. The Labute approximate surface area is 271 Å². The highest BCUT2D eigenvalue weighted by Crippen LogP contribution is 2.28. The Morgan fingerprint density at radius 2 is 0.978 bits per heavy atom. The van der Waals surface area contributed by atoms with Crippen molar-refractivity contribution in [1.82, 2.24) is 0 Å². The average Bonchev–Trinajstić information content (AvgIpc) is 3.64. The monoisotopic (exact) mass is 626 g/mol. The Kier molecular flexibility index (Phi) is 13.3. The minimum absolute atomic E-state index is 0.0510. The first-order valence-corrected chi connectivity index (χ1v) is 15.6. The maximum atomic E-state index is 12.1. The van der Waals surface area contributed by atoms with Crippen LogP contribution in [0.25, 0.3) is 0 Å². The SMILES string of the molecule is CC(=O)OC[C@@H](OCc1ccccc1)[C@@H](OCc1ccccc1)[C@@H](OCc1ccccc1)[C@H](OCc1ccccc1)C1OCCO1. The van der Waals surface area contributed by atoms with E-state index in [2.05, 4.69) is 0 Å². The average molecular weight is 627 g/mol. The van der Waals surface area contributed by atoms with Crippen molar-refractivity contribution in [3.05, 3.63) is 144 Å². The van der Waals surface area contributed by atoms with Gasteiger partial charge in [0.2, 0.25) is 0 Å². The van der Waals surface area contributed by atoms with Crippen molar-refractivity contribution >= 4 is 5.97 Å². The number of carbonyl (C=O) groups excluding carboxylic acids is 1. The Morgan fingerprint density at radius 3 is 1.41 bits per heavy atom. The summed E-state index contributed by atoms with van der Waals surface area (Å²) >= 11 is 0. The van der Waals surface area contributed by atoms with Crippen LogP contribution >= 0.6 is 0 Å². The lowest BCUT2D eigenvalue weighted by atomic mass is 10.0. The summed E-state index contributed by atoms with van der Waals surface area (Å²) in [6.45, 7) is 3.29. The van der Waals surface area contributed by atoms with Gasteiger partial charge >= 0.3 is 5.97 Å². The molecule has 0 amide bonds. The van der Waals surface area contributed by atoms with Crippen molar-refractivity contribution in [2.24, 2.45) is 0 Å². The molecule has 0 aromatic heterocycles. The molecule has 0 saturated carbocycles. The highest BCUT2D eigenvalue weighted by Gasteiger charge is 2.44. The summed E-state index contributed by atoms with van der Waals surface area (Å²) in [6.07, 6.45) is -3.67. The molecule has 0 bridgehead atoms. The lowest BCUT2D eigenvalue weighted by Gasteiger charge is -2.38. The Bertz CT molecular complexity index is 1400. The molecule has 1 saturated heterocycles. The van der Waals surface area contributed by atoms with E-state index >= 15 is 0 Å². The number of benzene rings is 4. The summed E-state index contributed by atoms with van der Waals surface area (Å²) in [7, 11) is 0. The van der Waals surface area contributed by atoms with Crippen LogP contribution in [0.1, 0.15) is 29.2 Å². The zero-order valence-corrected chi connectivity index (χ0v) is 26.1. The number of hydrogen-bond donors (Lipinski definition) is 0. The lowest BCUT2D eigenvalue weighted by molar-refractivity contribution is -0.241. The topological polar surface area (TPSA) is 81.7 Å². The molecule has 5 rings (SSSR count). The van der Waals surface area contributed by atoms with Crippen LogP contribution in [-0.4, -0.2) is 56.5 Å². The molecule has 0 N–H and O–H groups in total. The first-order valence-electron chi connectivity index (χ1n) is 15.6. The largest absolute Gasteiger partial charge is 0.463 e. The minimum atomic E-state index is -0.763. The zero-order valence-electron chi connectivity index (χ0n) is 26.1. The third-order valence-corrected chi connectivity index (χ3v) is 7.54. The van der Waals surface area contributed by atoms with E-state index in [1.165, 1.54) is 6.92 Å². The molecular weight excluding hydrogens is 584 g/mol. The van der Waals surface area contributed by atoms with E-state index in [0.29, 0.717) is 19.8 Å². The van der Waals surface area contributed by atoms with E-state index in [0.717, 1.165) is 22.3 Å². The van der Waals surface area contributed by atoms with E-state index in [1.54, 1.807) is 0 Å². The summed E-state index contributed by atoms with van der Waals surface area (Å²) in [5, 5.41) is 0. The van der Waals surface area contributed by atoms with Crippen molar-refractivity contribution in [2.75, 3.05) is 19.8 Å². The van der Waals surface area contributed by atoms with Crippen LogP contribution < -0.4 is 0 Å². The molecule has 1 aliphatic heterocycles. The molecule has 242 valence electrons. The summed E-state index contributed by atoms with van der Waals surface area (Å²) in [6, 6.07) is 39.5. The molecule has 4 atom stereocenters. The van der Waals surface area contributed by atoms with Gasteiger partial charge in [0.1, 0.15) is 31.0 Å². The second kappa shape index (κ2) is 18.3. The molecule has 8 heteroatoms. The Hall–Kier alpha value is -3.89. The van der Waals surface area contributed by atoms with Gasteiger partial charge in [0.15, 0.2) is 6.29 Å². The van der Waals surface area contributed by atoms with Crippen molar-refractivity contribution in [3.63, 3.8) is 0 Å². The van der Waals surface area contributed by atoms with E-state index in [4.69, 9.17) is 33.2 Å². The van der Waals surface area contributed by atoms with Crippen LogP contribution in [0.4, 0.5) is 0 Å². The molecule has 1 aliphatic rings. The predicted molar refractivity (Wildman–Crippen MR) is 172 cm³/mol. The molecule has 46 heavy (non-hydrogen) atoms. The molecule has 8 nitrogen and oxygen atoms in total. The van der Waals surface area contributed by atoms with Crippen molar-refractivity contribution in [1.29, 1.82) is 0 Å². The van der Waals surface area contributed by atoms with Crippen LogP contribution in [0.15, 0.2) is 121 Å². The van der Waals surface area contributed by atoms with Crippen LogP contribution in [0.2, 0.25) is 0 Å². The van der Waals surface area contributed by atoms with E-state index in [1.807, 2.05) is 121 Å².